The number of ether oxygens (including phenoxy) is 1. The van der Waals surface area contributed by atoms with Crippen LogP contribution < -0.4 is 10.1 Å². The molecule has 10 nitrogen and oxygen atoms in total. The number of methoxy groups -OCH3 is 1. The Kier molecular flexibility index (Phi) is 5.65. The van der Waals surface area contributed by atoms with Crippen LogP contribution in [0.2, 0.25) is 0 Å². The summed E-state index contributed by atoms with van der Waals surface area (Å²) in [5, 5.41) is 7.44. The number of fused-ring (bicyclic) bond motifs is 1. The van der Waals surface area contributed by atoms with Crippen LogP contribution in [0.25, 0.3) is 10.9 Å². The minimum absolute atomic E-state index is 0.0673. The highest BCUT2D eigenvalue weighted by Crippen LogP contribution is 2.67. The third kappa shape index (κ3) is 4.14. The fourth-order valence-electron chi connectivity index (χ4n) is 4.36. The van der Waals surface area contributed by atoms with E-state index in [2.05, 4.69) is 15.4 Å². The fraction of sp³-hybridized carbons (Fsp3) is 0.364. The van der Waals surface area contributed by atoms with Gasteiger partial charge in [0.05, 0.1) is 23.1 Å². The normalized spacial score (nSPS) is 18.9. The molecular formula is C22H22F3N5O5S. The number of anilines is 1. The second-order valence-electron chi connectivity index (χ2n) is 8.85. The topological polar surface area (TPSA) is 130 Å². The number of halogens is 3. The van der Waals surface area contributed by atoms with Crippen LogP contribution in [0.4, 0.5) is 18.9 Å². The van der Waals surface area contributed by atoms with Gasteiger partial charge in [0.25, 0.3) is 5.91 Å². The fourth-order valence-corrected chi connectivity index (χ4v) is 6.23. The molecule has 4 heterocycles. The zero-order valence-corrected chi connectivity index (χ0v) is 19.8. The minimum atomic E-state index is -4.69. The summed E-state index contributed by atoms with van der Waals surface area (Å²) < 4.78 is 65.0. The Morgan fingerprint density at radius 3 is 2.61 bits per heavy atom. The molecule has 1 aromatic carbocycles. The second kappa shape index (κ2) is 8.35. The number of pyridine rings is 1. The molecule has 3 N–H and O–H groups in total. The zero-order chi connectivity index (χ0) is 25.9. The van der Waals surface area contributed by atoms with E-state index in [1.165, 1.54) is 30.0 Å². The first-order valence-corrected chi connectivity index (χ1v) is 12.6. The smallest absolute Gasteiger partial charge is 0.433 e. The number of hydrogen-bond donors (Lipinski definition) is 3. The number of amides is 2. The highest BCUT2D eigenvalue weighted by atomic mass is 32.3. The van der Waals surface area contributed by atoms with Gasteiger partial charge >= 0.3 is 6.18 Å². The van der Waals surface area contributed by atoms with Crippen LogP contribution in [0.5, 0.6) is 5.75 Å². The maximum absolute atomic E-state index is 12.9. The summed E-state index contributed by atoms with van der Waals surface area (Å²) in [6.07, 6.45) is -2.40. The van der Waals surface area contributed by atoms with E-state index in [-0.39, 0.29) is 23.9 Å². The number of hydrogen-bond acceptors (Lipinski definition) is 7. The van der Waals surface area contributed by atoms with E-state index < -0.39 is 38.8 Å². The van der Waals surface area contributed by atoms with Crippen LogP contribution in [0.15, 0.2) is 36.5 Å². The third-order valence-corrected chi connectivity index (χ3v) is 9.16. The van der Waals surface area contributed by atoms with Crippen LogP contribution in [0, 0.1) is 0 Å². The quantitative estimate of drug-likeness (QED) is 0.465. The lowest BCUT2D eigenvalue weighted by molar-refractivity contribution is -0.141. The molecular weight excluding hydrogens is 503 g/mol. The van der Waals surface area contributed by atoms with Crippen molar-refractivity contribution in [3.05, 3.63) is 47.9 Å². The highest BCUT2D eigenvalue weighted by molar-refractivity contribution is 8.26. The van der Waals surface area contributed by atoms with Gasteiger partial charge in [-0.25, -0.2) is 4.98 Å². The summed E-state index contributed by atoms with van der Waals surface area (Å²) in [6, 6.07) is 6.11. The number of benzene rings is 1. The van der Waals surface area contributed by atoms with Crippen LogP contribution in [0.3, 0.4) is 0 Å². The maximum atomic E-state index is 12.9. The van der Waals surface area contributed by atoms with E-state index in [0.29, 0.717) is 36.2 Å². The molecule has 2 saturated heterocycles. The lowest BCUT2D eigenvalue weighted by Gasteiger charge is -2.67. The molecule has 0 bridgehead atoms. The number of rotatable bonds is 5. The summed E-state index contributed by atoms with van der Waals surface area (Å²) in [6.45, 7) is 0.549. The van der Waals surface area contributed by atoms with Gasteiger partial charge in [-0.05, 0) is 24.6 Å². The number of carbonyl (C=O) groups excluding carboxylic acids is 2. The van der Waals surface area contributed by atoms with Crippen molar-refractivity contribution >= 4 is 39.0 Å². The molecule has 2 fully saturated rings. The maximum Gasteiger partial charge on any atom is 0.433 e. The Morgan fingerprint density at radius 2 is 2.00 bits per heavy atom. The molecule has 2 aromatic heterocycles. The number of carbonyl (C=O) groups is 2. The standard InChI is InChI=1S/C22H22F3N5O5S/c1-35-17-8-15-13(7-16(17)27-20(32)14-3-2-4-18(26-14)22(23,24)25)9-30(28-15)10-19(31)29-11-21(12-29)5-6-36(21,33)34/h2-4,7-9,33-34H,5-6,10-12H2,1H3,(H,27,32). The molecule has 0 saturated carbocycles. The third-order valence-electron chi connectivity index (χ3n) is 6.54. The molecule has 0 unspecified atom stereocenters. The van der Waals surface area contributed by atoms with Crippen molar-refractivity contribution in [2.24, 2.45) is 0 Å². The molecule has 2 amide bonds. The van der Waals surface area contributed by atoms with Crippen molar-refractivity contribution in [1.29, 1.82) is 0 Å². The Morgan fingerprint density at radius 1 is 1.25 bits per heavy atom. The number of likely N-dealkylation sites (tertiary alicyclic amines) is 1. The lowest BCUT2D eigenvalue weighted by Crippen LogP contribution is -2.70. The molecule has 0 radical (unpaired) electrons. The van der Waals surface area contributed by atoms with Crippen molar-refractivity contribution in [2.45, 2.75) is 23.9 Å². The van der Waals surface area contributed by atoms with Crippen LogP contribution in [-0.2, 0) is 17.5 Å². The minimum Gasteiger partial charge on any atom is -0.494 e. The van der Waals surface area contributed by atoms with E-state index >= 15 is 0 Å². The van der Waals surface area contributed by atoms with Gasteiger partial charge in [0.15, 0.2) is 0 Å². The Hall–Kier alpha value is -3.36. The van der Waals surface area contributed by atoms with Gasteiger partial charge in [0, 0.05) is 36.5 Å². The van der Waals surface area contributed by atoms with E-state index in [1.54, 1.807) is 11.1 Å². The van der Waals surface area contributed by atoms with Crippen molar-refractivity contribution < 1.29 is 36.6 Å². The Labute approximate surface area is 204 Å². The molecule has 2 aliphatic heterocycles. The summed E-state index contributed by atoms with van der Waals surface area (Å²) in [4.78, 5) is 30.2. The molecule has 3 aromatic rings. The van der Waals surface area contributed by atoms with Crippen LogP contribution in [-0.4, -0.2) is 71.3 Å². The molecule has 0 aliphatic carbocycles. The molecule has 5 rings (SSSR count). The van der Waals surface area contributed by atoms with Crippen molar-refractivity contribution in [2.75, 3.05) is 31.3 Å². The van der Waals surface area contributed by atoms with Gasteiger partial charge < -0.3 is 15.0 Å². The predicted octanol–water partition coefficient (Wildman–Crippen LogP) is 3.45. The number of nitrogens with zero attached hydrogens (tertiary/aromatic N) is 4. The molecule has 36 heavy (non-hydrogen) atoms. The summed E-state index contributed by atoms with van der Waals surface area (Å²) in [5.41, 5.74) is -0.925. The van der Waals surface area contributed by atoms with Gasteiger partial charge in [0.1, 0.15) is 23.7 Å². The van der Waals surface area contributed by atoms with Crippen molar-refractivity contribution in [3.8, 4) is 5.75 Å². The summed E-state index contributed by atoms with van der Waals surface area (Å²) in [7, 11) is -1.26. The predicted molar refractivity (Wildman–Crippen MR) is 125 cm³/mol. The van der Waals surface area contributed by atoms with Gasteiger partial charge in [-0.15, -0.1) is 0 Å². The SMILES string of the molecule is COc1cc2nn(CC(=O)N3CC4(CCS4(O)O)C3)cc2cc1NC(=O)c1cccc(C(F)(F)F)n1. The van der Waals surface area contributed by atoms with E-state index in [1.807, 2.05) is 0 Å². The number of aromatic nitrogens is 3. The summed E-state index contributed by atoms with van der Waals surface area (Å²) >= 11 is 0. The number of alkyl halides is 3. The second-order valence-corrected chi connectivity index (χ2v) is 11.5. The molecule has 192 valence electrons. The molecule has 1 spiro atoms. The van der Waals surface area contributed by atoms with E-state index in [9.17, 15) is 31.9 Å². The molecule has 2 aliphatic rings. The van der Waals surface area contributed by atoms with Gasteiger partial charge in [-0.3, -0.25) is 23.4 Å². The first-order valence-electron chi connectivity index (χ1n) is 10.8. The zero-order valence-electron chi connectivity index (χ0n) is 18.9. The first kappa shape index (κ1) is 24.3. The Balaban J connectivity index is 1.31. The summed E-state index contributed by atoms with van der Waals surface area (Å²) in [5.74, 6) is -0.467. The molecule has 14 heteroatoms. The van der Waals surface area contributed by atoms with E-state index in [4.69, 9.17) is 4.74 Å². The number of nitrogens with one attached hydrogen (secondary N) is 1. The van der Waals surface area contributed by atoms with Gasteiger partial charge in [-0.2, -0.15) is 28.9 Å². The van der Waals surface area contributed by atoms with Crippen molar-refractivity contribution in [3.63, 3.8) is 0 Å². The highest BCUT2D eigenvalue weighted by Gasteiger charge is 2.60. The van der Waals surface area contributed by atoms with Crippen molar-refractivity contribution in [1.82, 2.24) is 19.7 Å². The molecule has 0 atom stereocenters. The van der Waals surface area contributed by atoms with E-state index in [0.717, 1.165) is 12.1 Å². The average molecular weight is 526 g/mol. The van der Waals surface area contributed by atoms with Gasteiger partial charge in [-0.1, -0.05) is 6.07 Å². The van der Waals surface area contributed by atoms with Crippen LogP contribution in [0.1, 0.15) is 22.6 Å². The largest absolute Gasteiger partial charge is 0.494 e. The first-order chi connectivity index (χ1) is 16.9. The monoisotopic (exact) mass is 525 g/mol. The Bertz CT molecular complexity index is 1370. The van der Waals surface area contributed by atoms with Gasteiger partial charge in [0.2, 0.25) is 5.91 Å². The average Bonchev–Trinajstić information content (AvgIpc) is 3.17. The van der Waals surface area contributed by atoms with Crippen LogP contribution >= 0.6 is 10.6 Å². The lowest BCUT2D eigenvalue weighted by atomic mass is 9.94.